The van der Waals surface area contributed by atoms with E-state index >= 15 is 0 Å². The van der Waals surface area contributed by atoms with Gasteiger partial charge in [0, 0.05) is 55.9 Å². The summed E-state index contributed by atoms with van der Waals surface area (Å²) in [5.74, 6) is 2.76. The minimum absolute atomic E-state index is 0.118. The third-order valence-corrected chi connectivity index (χ3v) is 5.82. The summed E-state index contributed by atoms with van der Waals surface area (Å²) >= 11 is 7.40. The topological polar surface area (TPSA) is 93.1 Å². The quantitative estimate of drug-likeness (QED) is 0.616. The molecule has 8 nitrogen and oxygen atoms in total. The molecule has 0 aromatic carbocycles. The van der Waals surface area contributed by atoms with Crippen molar-refractivity contribution < 1.29 is 9.53 Å². The number of piperidine rings is 1. The fourth-order valence-electron chi connectivity index (χ4n) is 3.29. The summed E-state index contributed by atoms with van der Waals surface area (Å²) in [6.45, 7) is 4.95. The molecule has 3 aromatic rings. The number of likely N-dealkylation sites (tertiary alicyclic amines) is 1. The summed E-state index contributed by atoms with van der Waals surface area (Å²) in [5, 5.41) is 4.28. The van der Waals surface area contributed by atoms with Crippen LogP contribution in [0.1, 0.15) is 37.2 Å². The van der Waals surface area contributed by atoms with Gasteiger partial charge in [0.15, 0.2) is 11.6 Å². The molecule has 0 atom stereocenters. The third kappa shape index (κ3) is 4.68. The highest BCUT2D eigenvalue weighted by atomic mass is 35.5. The van der Waals surface area contributed by atoms with Crippen LogP contribution < -0.4 is 10.1 Å². The molecule has 1 aliphatic rings. The molecule has 1 amide bonds. The molecular weight excluding hydrogens is 424 g/mol. The fourth-order valence-corrected chi connectivity index (χ4v) is 4.09. The molecule has 0 spiro atoms. The molecule has 156 valence electrons. The highest BCUT2D eigenvalue weighted by molar-refractivity contribution is 7.09. The molecule has 0 aliphatic carbocycles. The number of nitrogens with zero attached hydrogens (tertiary/aromatic N) is 5. The first-order valence-electron chi connectivity index (χ1n) is 9.61. The summed E-state index contributed by atoms with van der Waals surface area (Å²) in [6, 6.07) is 5.34. The van der Waals surface area contributed by atoms with Crippen molar-refractivity contribution in [1.82, 2.24) is 24.2 Å². The van der Waals surface area contributed by atoms with Crippen LogP contribution in [-0.4, -0.2) is 43.2 Å². The van der Waals surface area contributed by atoms with Crippen molar-refractivity contribution in [3.8, 4) is 11.5 Å². The Balaban J connectivity index is 1.49. The number of aromatic nitrogens is 4. The lowest BCUT2D eigenvalue weighted by atomic mass is 9.96. The molecule has 10 heteroatoms. The van der Waals surface area contributed by atoms with Crippen LogP contribution in [0.15, 0.2) is 30.6 Å². The molecule has 4 rings (SSSR count). The second kappa shape index (κ2) is 8.93. The van der Waals surface area contributed by atoms with Gasteiger partial charge in [-0.2, -0.15) is 4.37 Å². The number of hydrogen-bond donors (Lipinski definition) is 1. The third-order valence-electron chi connectivity index (χ3n) is 4.97. The number of rotatable bonds is 5. The fraction of sp³-hybridized carbons (Fsp3) is 0.350. The zero-order valence-corrected chi connectivity index (χ0v) is 18.2. The zero-order valence-electron chi connectivity index (χ0n) is 16.6. The van der Waals surface area contributed by atoms with E-state index in [-0.39, 0.29) is 11.8 Å². The summed E-state index contributed by atoms with van der Waals surface area (Å²) < 4.78 is 10.5. The maximum Gasteiger partial charge on any atom is 0.219 e. The Kier molecular flexibility index (Phi) is 6.10. The number of carbonyl (C=O) groups is 1. The molecular formula is C20H21ClN6O2S. The molecule has 0 unspecified atom stereocenters. The molecule has 0 bridgehead atoms. The van der Waals surface area contributed by atoms with Gasteiger partial charge in [0.25, 0.3) is 0 Å². The maximum absolute atomic E-state index is 11.5. The minimum Gasteiger partial charge on any atom is -0.452 e. The van der Waals surface area contributed by atoms with Crippen molar-refractivity contribution in [3.63, 3.8) is 0 Å². The van der Waals surface area contributed by atoms with Gasteiger partial charge in [-0.1, -0.05) is 11.6 Å². The lowest BCUT2D eigenvalue weighted by molar-refractivity contribution is -0.129. The van der Waals surface area contributed by atoms with Crippen molar-refractivity contribution >= 4 is 40.0 Å². The molecule has 3 aromatic heterocycles. The molecule has 1 aliphatic heterocycles. The first kappa shape index (κ1) is 20.5. The van der Waals surface area contributed by atoms with Crippen LogP contribution in [0.3, 0.4) is 0 Å². The highest BCUT2D eigenvalue weighted by Crippen LogP contribution is 2.34. The maximum atomic E-state index is 11.5. The monoisotopic (exact) mass is 444 g/mol. The summed E-state index contributed by atoms with van der Waals surface area (Å²) in [7, 11) is 0. The van der Waals surface area contributed by atoms with E-state index in [0.717, 1.165) is 37.4 Å². The van der Waals surface area contributed by atoms with Crippen LogP contribution in [0.25, 0.3) is 0 Å². The van der Waals surface area contributed by atoms with Gasteiger partial charge in [-0.05, 0) is 31.9 Å². The van der Waals surface area contributed by atoms with Crippen molar-refractivity contribution in [2.24, 2.45) is 0 Å². The predicted octanol–water partition coefficient (Wildman–Crippen LogP) is 4.55. The van der Waals surface area contributed by atoms with Crippen molar-refractivity contribution in [2.75, 3.05) is 18.4 Å². The van der Waals surface area contributed by atoms with Gasteiger partial charge in [-0.3, -0.25) is 9.78 Å². The van der Waals surface area contributed by atoms with Crippen LogP contribution in [0.5, 0.6) is 11.5 Å². The van der Waals surface area contributed by atoms with E-state index in [1.807, 2.05) is 24.0 Å². The minimum atomic E-state index is 0.118. The van der Waals surface area contributed by atoms with E-state index in [1.165, 1.54) is 11.5 Å². The lowest BCUT2D eigenvalue weighted by Gasteiger charge is -2.29. The molecule has 0 radical (unpaired) electrons. The Morgan fingerprint density at radius 1 is 1.30 bits per heavy atom. The van der Waals surface area contributed by atoms with Gasteiger partial charge < -0.3 is 15.0 Å². The van der Waals surface area contributed by atoms with Crippen LogP contribution in [0.4, 0.5) is 10.9 Å². The smallest absolute Gasteiger partial charge is 0.219 e. The van der Waals surface area contributed by atoms with Gasteiger partial charge in [0.05, 0.1) is 10.7 Å². The first-order valence-corrected chi connectivity index (χ1v) is 10.8. The van der Waals surface area contributed by atoms with E-state index < -0.39 is 0 Å². The van der Waals surface area contributed by atoms with E-state index in [4.69, 9.17) is 16.3 Å². The average molecular weight is 445 g/mol. The van der Waals surface area contributed by atoms with Crippen LogP contribution in [0.2, 0.25) is 5.02 Å². The van der Waals surface area contributed by atoms with Crippen LogP contribution >= 0.6 is 23.1 Å². The highest BCUT2D eigenvalue weighted by Gasteiger charge is 2.25. The number of halogens is 1. The Morgan fingerprint density at radius 2 is 2.10 bits per heavy atom. The predicted molar refractivity (Wildman–Crippen MR) is 116 cm³/mol. The van der Waals surface area contributed by atoms with Gasteiger partial charge in [0.1, 0.15) is 11.6 Å². The van der Waals surface area contributed by atoms with E-state index in [2.05, 4.69) is 24.6 Å². The van der Waals surface area contributed by atoms with Gasteiger partial charge >= 0.3 is 0 Å². The van der Waals surface area contributed by atoms with E-state index in [0.29, 0.717) is 27.5 Å². The summed E-state index contributed by atoms with van der Waals surface area (Å²) in [4.78, 5) is 26.6. The number of anilines is 2. The molecule has 4 heterocycles. The summed E-state index contributed by atoms with van der Waals surface area (Å²) in [6.07, 6.45) is 4.99. The molecule has 1 saturated heterocycles. The standard InChI is InChI=1S/C20H21ClN6O2S/c1-12-16(4-3-7-22-12)29-17-10-15(21)11-23-19(17)25-20-24-18(26-30-20)14-5-8-27(9-6-14)13(2)28/h3-4,7,10-11,14H,5-6,8-9H2,1-2H3,(H,23,24,25,26). The zero-order chi connectivity index (χ0) is 21.1. The number of hydrogen-bond acceptors (Lipinski definition) is 8. The molecule has 1 N–H and O–H groups in total. The second-order valence-electron chi connectivity index (χ2n) is 7.05. The molecule has 1 fully saturated rings. The lowest BCUT2D eigenvalue weighted by Crippen LogP contribution is -2.36. The second-order valence-corrected chi connectivity index (χ2v) is 8.24. The number of aryl methyl sites for hydroxylation is 1. The number of nitrogens with one attached hydrogen (secondary N) is 1. The Bertz CT molecular complexity index is 1050. The Morgan fingerprint density at radius 3 is 2.83 bits per heavy atom. The SMILES string of the molecule is CC(=O)N1CCC(c2nsc(Nc3ncc(Cl)cc3Oc3cccnc3C)n2)CC1. The molecule has 30 heavy (non-hydrogen) atoms. The largest absolute Gasteiger partial charge is 0.452 e. The molecule has 0 saturated carbocycles. The van der Waals surface area contributed by atoms with Gasteiger partial charge in [0.2, 0.25) is 11.0 Å². The first-order chi connectivity index (χ1) is 14.5. The van der Waals surface area contributed by atoms with E-state index in [1.54, 1.807) is 25.4 Å². The number of carbonyl (C=O) groups excluding carboxylic acids is 1. The van der Waals surface area contributed by atoms with Crippen molar-refractivity contribution in [1.29, 1.82) is 0 Å². The Hall–Kier alpha value is -2.78. The normalized spacial score (nSPS) is 14.6. The number of amides is 1. The van der Waals surface area contributed by atoms with Gasteiger partial charge in [-0.15, -0.1) is 0 Å². The van der Waals surface area contributed by atoms with E-state index in [9.17, 15) is 4.79 Å². The summed E-state index contributed by atoms with van der Waals surface area (Å²) in [5.41, 5.74) is 0.763. The van der Waals surface area contributed by atoms with Crippen LogP contribution in [0, 0.1) is 6.92 Å². The average Bonchev–Trinajstić information content (AvgIpc) is 3.20. The van der Waals surface area contributed by atoms with Crippen molar-refractivity contribution in [3.05, 3.63) is 47.1 Å². The Labute approximate surface area is 183 Å². The van der Waals surface area contributed by atoms with Gasteiger partial charge in [-0.25, -0.2) is 9.97 Å². The van der Waals surface area contributed by atoms with Crippen LogP contribution in [-0.2, 0) is 4.79 Å². The number of pyridine rings is 2. The number of ether oxygens (including phenoxy) is 1. The van der Waals surface area contributed by atoms with Crippen molar-refractivity contribution in [2.45, 2.75) is 32.6 Å².